The second-order valence-electron chi connectivity index (χ2n) is 10.2. The first-order valence-electron chi connectivity index (χ1n) is 12.1. The lowest BCUT2D eigenvalue weighted by Gasteiger charge is -2.48. The fourth-order valence-corrected chi connectivity index (χ4v) is 7.00. The van der Waals surface area contributed by atoms with Crippen molar-refractivity contribution in [1.82, 2.24) is 15.1 Å². The lowest BCUT2D eigenvalue weighted by atomic mass is 9.71. The molecule has 3 saturated heterocycles. The van der Waals surface area contributed by atoms with Gasteiger partial charge in [-0.05, 0) is 64.0 Å². The van der Waals surface area contributed by atoms with E-state index >= 15 is 0 Å². The van der Waals surface area contributed by atoms with Crippen molar-refractivity contribution in [3.8, 4) is 0 Å². The highest BCUT2D eigenvalue weighted by molar-refractivity contribution is 5.84. The van der Waals surface area contributed by atoms with E-state index in [1.165, 1.54) is 103 Å². The summed E-state index contributed by atoms with van der Waals surface area (Å²) < 4.78 is 0. The van der Waals surface area contributed by atoms with Gasteiger partial charge in [0.05, 0.1) is 18.0 Å². The smallest absolute Gasteiger partial charge is 0.0993 e. The van der Waals surface area contributed by atoms with Crippen LogP contribution in [-0.4, -0.2) is 60.6 Å². The highest BCUT2D eigenvalue weighted by atomic mass is 15.3. The molecule has 5 aliphatic rings. The van der Waals surface area contributed by atoms with E-state index < -0.39 is 0 Å². The molecule has 0 aromatic heterocycles. The molecule has 2 saturated carbocycles. The lowest BCUT2D eigenvalue weighted by molar-refractivity contribution is 0.0676. The van der Waals surface area contributed by atoms with E-state index in [9.17, 15) is 0 Å². The third-order valence-corrected chi connectivity index (χ3v) is 8.47. The maximum Gasteiger partial charge on any atom is 0.0993 e. The van der Waals surface area contributed by atoms with E-state index in [4.69, 9.17) is 4.99 Å². The molecule has 5 fully saturated rings. The van der Waals surface area contributed by atoms with E-state index in [0.717, 1.165) is 17.8 Å². The molecule has 0 aromatic rings. The van der Waals surface area contributed by atoms with Gasteiger partial charge in [0.2, 0.25) is 0 Å². The van der Waals surface area contributed by atoms with Crippen LogP contribution in [0.5, 0.6) is 0 Å². The standard InChI is InChI=1S/C23H40N4/c1-26-15-13-19-22(18-10-5-6-11-20(18)24-23(19)26)25-21-12-7-14-27(21)16-17-8-3-2-4-9-17/h17-20,22-24H,2-16H2,1H3. The van der Waals surface area contributed by atoms with E-state index in [1.54, 1.807) is 0 Å². The van der Waals surface area contributed by atoms with Gasteiger partial charge in [0, 0.05) is 31.5 Å². The Morgan fingerprint density at radius 2 is 1.70 bits per heavy atom. The van der Waals surface area contributed by atoms with Crippen molar-refractivity contribution >= 4 is 5.84 Å². The summed E-state index contributed by atoms with van der Waals surface area (Å²) in [5.74, 6) is 3.95. The summed E-state index contributed by atoms with van der Waals surface area (Å²) in [6, 6.07) is 1.29. The Bertz CT molecular complexity index is 536. The van der Waals surface area contributed by atoms with E-state index in [2.05, 4.69) is 22.2 Å². The van der Waals surface area contributed by atoms with Crippen molar-refractivity contribution in [1.29, 1.82) is 0 Å². The molecule has 0 bridgehead atoms. The molecule has 0 amide bonds. The zero-order valence-electron chi connectivity index (χ0n) is 17.4. The molecule has 4 nitrogen and oxygen atoms in total. The Balaban J connectivity index is 1.35. The molecule has 3 aliphatic heterocycles. The van der Waals surface area contributed by atoms with Gasteiger partial charge < -0.3 is 4.90 Å². The fourth-order valence-electron chi connectivity index (χ4n) is 7.00. The molecule has 5 unspecified atom stereocenters. The molecule has 5 atom stereocenters. The molecule has 0 spiro atoms. The van der Waals surface area contributed by atoms with Gasteiger partial charge in [-0.3, -0.25) is 15.2 Å². The zero-order chi connectivity index (χ0) is 18.2. The Labute approximate surface area is 166 Å². The van der Waals surface area contributed by atoms with E-state index in [1.807, 2.05) is 0 Å². The van der Waals surface area contributed by atoms with Gasteiger partial charge >= 0.3 is 0 Å². The average Bonchev–Trinajstić information content (AvgIpc) is 3.29. The summed E-state index contributed by atoms with van der Waals surface area (Å²) in [6.07, 6.45) is 17.4. The molecule has 4 heteroatoms. The van der Waals surface area contributed by atoms with Gasteiger partial charge in [-0.2, -0.15) is 0 Å². The maximum absolute atomic E-state index is 5.62. The molecule has 27 heavy (non-hydrogen) atoms. The van der Waals surface area contributed by atoms with Crippen molar-refractivity contribution in [3.05, 3.63) is 0 Å². The molecule has 1 N–H and O–H groups in total. The Morgan fingerprint density at radius 1 is 0.889 bits per heavy atom. The van der Waals surface area contributed by atoms with Gasteiger partial charge in [0.1, 0.15) is 0 Å². The minimum Gasteiger partial charge on any atom is -0.360 e. The number of nitrogens with zero attached hydrogens (tertiary/aromatic N) is 3. The van der Waals surface area contributed by atoms with Crippen LogP contribution >= 0.6 is 0 Å². The number of amidine groups is 1. The molecular weight excluding hydrogens is 332 g/mol. The number of nitrogens with one attached hydrogen (secondary N) is 1. The maximum atomic E-state index is 5.62. The highest BCUT2D eigenvalue weighted by Gasteiger charge is 2.49. The van der Waals surface area contributed by atoms with E-state index in [0.29, 0.717) is 18.2 Å². The first-order chi connectivity index (χ1) is 13.3. The second-order valence-corrected chi connectivity index (χ2v) is 10.2. The topological polar surface area (TPSA) is 30.9 Å². The highest BCUT2D eigenvalue weighted by Crippen LogP contribution is 2.42. The summed E-state index contributed by atoms with van der Waals surface area (Å²) in [7, 11) is 2.32. The number of aliphatic imine (C=N–C) groups is 1. The zero-order valence-corrected chi connectivity index (χ0v) is 17.4. The first kappa shape index (κ1) is 18.4. The van der Waals surface area contributed by atoms with Crippen molar-refractivity contribution in [3.63, 3.8) is 0 Å². The average molecular weight is 373 g/mol. The number of piperidine rings is 1. The Morgan fingerprint density at radius 3 is 2.59 bits per heavy atom. The molecule has 0 aromatic carbocycles. The van der Waals surface area contributed by atoms with Gasteiger partial charge in [-0.1, -0.05) is 32.1 Å². The first-order valence-corrected chi connectivity index (χ1v) is 12.1. The van der Waals surface area contributed by atoms with Gasteiger partial charge in [0.25, 0.3) is 0 Å². The number of hydrogen-bond donors (Lipinski definition) is 1. The van der Waals surface area contributed by atoms with Gasteiger partial charge in [-0.25, -0.2) is 0 Å². The number of likely N-dealkylation sites (tertiary alicyclic amines) is 2. The third-order valence-electron chi connectivity index (χ3n) is 8.47. The van der Waals surface area contributed by atoms with Crippen LogP contribution in [0.1, 0.15) is 77.0 Å². The van der Waals surface area contributed by atoms with Crippen molar-refractivity contribution in [2.75, 3.05) is 26.7 Å². The normalized spacial score (nSPS) is 42.5. The lowest BCUT2D eigenvalue weighted by Crippen LogP contribution is -2.61. The van der Waals surface area contributed by atoms with Crippen LogP contribution in [0.25, 0.3) is 0 Å². The van der Waals surface area contributed by atoms with Crippen LogP contribution in [0, 0.1) is 17.8 Å². The quantitative estimate of drug-likeness (QED) is 0.816. The summed E-state index contributed by atoms with van der Waals surface area (Å²) in [6.45, 7) is 3.81. The molecule has 5 rings (SSSR count). The minimum atomic E-state index is 0.576. The third kappa shape index (κ3) is 3.69. The molecule has 0 radical (unpaired) electrons. The monoisotopic (exact) mass is 372 g/mol. The largest absolute Gasteiger partial charge is 0.360 e. The van der Waals surface area contributed by atoms with Crippen LogP contribution in [-0.2, 0) is 0 Å². The van der Waals surface area contributed by atoms with Crippen LogP contribution in [0.4, 0.5) is 0 Å². The Hall–Kier alpha value is -0.610. The van der Waals surface area contributed by atoms with Crippen molar-refractivity contribution in [2.45, 2.75) is 95.3 Å². The summed E-state index contributed by atoms with van der Waals surface area (Å²) in [5.41, 5.74) is 0. The number of rotatable bonds is 3. The van der Waals surface area contributed by atoms with Crippen LogP contribution in [0.2, 0.25) is 0 Å². The van der Waals surface area contributed by atoms with Crippen molar-refractivity contribution < 1.29 is 0 Å². The minimum absolute atomic E-state index is 0.576. The number of hydrogen-bond acceptors (Lipinski definition) is 3. The number of fused-ring (bicyclic) bond motifs is 2. The molecule has 3 heterocycles. The molecular formula is C23H40N4. The summed E-state index contributed by atoms with van der Waals surface area (Å²) in [5, 5.41) is 4.04. The fraction of sp³-hybridized carbons (Fsp3) is 0.957. The Kier molecular flexibility index (Phi) is 5.47. The van der Waals surface area contributed by atoms with Gasteiger partial charge in [0.15, 0.2) is 0 Å². The van der Waals surface area contributed by atoms with E-state index in [-0.39, 0.29) is 0 Å². The predicted molar refractivity (Wildman–Crippen MR) is 112 cm³/mol. The van der Waals surface area contributed by atoms with Crippen molar-refractivity contribution in [2.24, 2.45) is 22.7 Å². The second kappa shape index (κ2) is 8.02. The van der Waals surface area contributed by atoms with Gasteiger partial charge in [-0.15, -0.1) is 0 Å². The summed E-state index contributed by atoms with van der Waals surface area (Å²) in [4.78, 5) is 10.9. The predicted octanol–water partition coefficient (Wildman–Crippen LogP) is 3.87. The molecule has 152 valence electrons. The summed E-state index contributed by atoms with van der Waals surface area (Å²) >= 11 is 0. The SMILES string of the molecule is CN1CCC2C(N=C3CCCN3CC3CCCCC3)C3CCCCC3NC21. The van der Waals surface area contributed by atoms with Crippen LogP contribution in [0.3, 0.4) is 0 Å². The van der Waals surface area contributed by atoms with Crippen LogP contribution < -0.4 is 5.32 Å². The van der Waals surface area contributed by atoms with Crippen LogP contribution in [0.15, 0.2) is 4.99 Å². The molecule has 2 aliphatic carbocycles.